The number of carbonyl (C=O) groups excluding carboxylic acids is 2. The lowest BCUT2D eigenvalue weighted by Gasteiger charge is -2.22. The van der Waals surface area contributed by atoms with Gasteiger partial charge in [-0.05, 0) is 37.1 Å². The van der Waals surface area contributed by atoms with Gasteiger partial charge in [-0.15, -0.1) is 11.3 Å². The predicted molar refractivity (Wildman–Crippen MR) is 98.7 cm³/mol. The van der Waals surface area contributed by atoms with E-state index in [0.717, 1.165) is 17.8 Å². The largest absolute Gasteiger partial charge is 0.349 e. The molecule has 1 fully saturated rings. The van der Waals surface area contributed by atoms with Crippen LogP contribution in [0.3, 0.4) is 0 Å². The summed E-state index contributed by atoms with van der Waals surface area (Å²) in [6.07, 6.45) is 5.72. The lowest BCUT2D eigenvalue weighted by atomic mass is 9.95. The fraction of sp³-hybridized carbons (Fsp3) is 0.389. The van der Waals surface area contributed by atoms with E-state index in [9.17, 15) is 9.59 Å². The van der Waals surface area contributed by atoms with Crippen molar-refractivity contribution in [3.8, 4) is 0 Å². The molecule has 2 amide bonds. The molecule has 0 radical (unpaired) electrons. The zero-order valence-corrected chi connectivity index (χ0v) is 14.8. The van der Waals surface area contributed by atoms with E-state index in [1.54, 1.807) is 29.6 Å². The Morgan fingerprint density at radius 3 is 2.48 bits per heavy atom. The summed E-state index contributed by atoms with van der Waals surface area (Å²) in [6, 6.07) is 7.18. The molecule has 2 aromatic rings. The lowest BCUT2D eigenvalue weighted by molar-refractivity contribution is 0.0927. The van der Waals surface area contributed by atoms with Crippen LogP contribution in [0.1, 0.15) is 58.0 Å². The summed E-state index contributed by atoms with van der Waals surface area (Å²) in [5.74, 6) is -0.341. The van der Waals surface area contributed by atoms with Crippen molar-refractivity contribution in [2.75, 3.05) is 5.32 Å². The maximum Gasteiger partial charge on any atom is 0.275 e. The first-order chi connectivity index (χ1) is 12.2. The van der Waals surface area contributed by atoms with E-state index in [0.29, 0.717) is 23.5 Å². The molecule has 1 aliphatic carbocycles. The van der Waals surface area contributed by atoms with Crippen LogP contribution in [0.2, 0.25) is 0 Å². The van der Waals surface area contributed by atoms with Crippen LogP contribution in [0.5, 0.6) is 0 Å². The number of anilines is 1. The molecule has 0 atom stereocenters. The Balaban J connectivity index is 1.57. The number of hydrogen-bond acceptors (Lipinski definition) is 5. The monoisotopic (exact) mass is 358 g/mol. The summed E-state index contributed by atoms with van der Waals surface area (Å²) < 4.78 is 0. The van der Waals surface area contributed by atoms with Gasteiger partial charge >= 0.3 is 0 Å². The number of carbonyl (C=O) groups is 2. The summed E-state index contributed by atoms with van der Waals surface area (Å²) in [6.45, 7) is 0.322. The van der Waals surface area contributed by atoms with Crippen molar-refractivity contribution in [1.29, 1.82) is 0 Å². The Kier molecular flexibility index (Phi) is 5.78. The normalized spacial score (nSPS) is 14.9. The number of aromatic nitrogens is 1. The topological polar surface area (TPSA) is 97.1 Å². The van der Waals surface area contributed by atoms with Crippen LogP contribution in [0, 0.1) is 0 Å². The maximum absolute atomic E-state index is 12.3. The van der Waals surface area contributed by atoms with E-state index in [1.165, 1.54) is 30.6 Å². The smallest absolute Gasteiger partial charge is 0.275 e. The van der Waals surface area contributed by atoms with Gasteiger partial charge in [-0.3, -0.25) is 9.59 Å². The second-order valence-corrected chi connectivity index (χ2v) is 7.11. The average Bonchev–Trinajstić information content (AvgIpc) is 3.12. The van der Waals surface area contributed by atoms with Crippen molar-refractivity contribution < 1.29 is 9.59 Å². The Hall–Kier alpha value is -2.25. The van der Waals surface area contributed by atoms with E-state index in [-0.39, 0.29) is 17.9 Å². The number of benzene rings is 1. The van der Waals surface area contributed by atoms with Gasteiger partial charge in [0.2, 0.25) is 0 Å². The number of rotatable bonds is 5. The number of hydrogen-bond donors (Lipinski definition) is 3. The highest BCUT2D eigenvalue weighted by molar-refractivity contribution is 7.09. The molecule has 3 rings (SSSR count). The van der Waals surface area contributed by atoms with Crippen LogP contribution in [-0.4, -0.2) is 22.8 Å². The zero-order chi connectivity index (χ0) is 17.6. The Morgan fingerprint density at radius 2 is 1.84 bits per heavy atom. The summed E-state index contributed by atoms with van der Waals surface area (Å²) >= 11 is 1.36. The number of nitrogens with zero attached hydrogens (tertiary/aromatic N) is 1. The van der Waals surface area contributed by atoms with Crippen molar-refractivity contribution in [2.24, 2.45) is 5.73 Å². The van der Waals surface area contributed by atoms with Crippen molar-refractivity contribution in [1.82, 2.24) is 10.3 Å². The minimum Gasteiger partial charge on any atom is -0.349 e. The van der Waals surface area contributed by atoms with Crippen molar-refractivity contribution in [3.63, 3.8) is 0 Å². The average molecular weight is 358 g/mol. The van der Waals surface area contributed by atoms with Gasteiger partial charge < -0.3 is 16.4 Å². The van der Waals surface area contributed by atoms with Crippen LogP contribution in [0.4, 0.5) is 5.69 Å². The van der Waals surface area contributed by atoms with Crippen molar-refractivity contribution >= 4 is 28.8 Å². The molecule has 1 heterocycles. The SMILES string of the molecule is NCc1nc(C(=O)Nc2ccc(C(=O)NC3CCCCC3)cc2)cs1. The van der Waals surface area contributed by atoms with Crippen LogP contribution in [-0.2, 0) is 6.54 Å². The number of amides is 2. The molecule has 1 aliphatic rings. The highest BCUT2D eigenvalue weighted by atomic mass is 32.1. The second kappa shape index (κ2) is 8.22. The molecule has 0 aliphatic heterocycles. The fourth-order valence-electron chi connectivity index (χ4n) is 2.92. The van der Waals surface area contributed by atoms with Crippen LogP contribution >= 0.6 is 11.3 Å². The molecule has 1 aromatic carbocycles. The van der Waals surface area contributed by atoms with E-state index < -0.39 is 0 Å². The van der Waals surface area contributed by atoms with E-state index in [2.05, 4.69) is 15.6 Å². The van der Waals surface area contributed by atoms with Crippen molar-refractivity contribution in [2.45, 2.75) is 44.7 Å². The van der Waals surface area contributed by atoms with Crippen LogP contribution < -0.4 is 16.4 Å². The molecular formula is C18H22N4O2S. The third-order valence-electron chi connectivity index (χ3n) is 4.30. The van der Waals surface area contributed by atoms with Gasteiger partial charge in [-0.2, -0.15) is 0 Å². The zero-order valence-electron chi connectivity index (χ0n) is 14.0. The molecule has 4 N–H and O–H groups in total. The second-order valence-electron chi connectivity index (χ2n) is 6.17. The Bertz CT molecular complexity index is 736. The van der Waals surface area contributed by atoms with Gasteiger partial charge in [0.1, 0.15) is 10.7 Å². The first-order valence-corrected chi connectivity index (χ1v) is 9.40. The summed E-state index contributed by atoms with van der Waals surface area (Å²) in [5.41, 5.74) is 7.08. The number of nitrogens with one attached hydrogen (secondary N) is 2. The molecule has 1 aromatic heterocycles. The third kappa shape index (κ3) is 4.64. The number of thiazole rings is 1. The molecule has 7 heteroatoms. The maximum atomic E-state index is 12.3. The highest BCUT2D eigenvalue weighted by Crippen LogP contribution is 2.18. The summed E-state index contributed by atoms with van der Waals surface area (Å²) in [4.78, 5) is 28.6. The van der Waals surface area contributed by atoms with Gasteiger partial charge in [0.15, 0.2) is 0 Å². The van der Waals surface area contributed by atoms with E-state index in [4.69, 9.17) is 5.73 Å². The third-order valence-corrected chi connectivity index (χ3v) is 5.18. The fourth-order valence-corrected chi connectivity index (χ4v) is 3.58. The molecular weight excluding hydrogens is 336 g/mol. The minimum absolute atomic E-state index is 0.0585. The molecule has 25 heavy (non-hydrogen) atoms. The first-order valence-electron chi connectivity index (χ1n) is 8.52. The van der Waals surface area contributed by atoms with E-state index in [1.807, 2.05) is 0 Å². The lowest BCUT2D eigenvalue weighted by Crippen LogP contribution is -2.36. The highest BCUT2D eigenvalue weighted by Gasteiger charge is 2.17. The summed E-state index contributed by atoms with van der Waals surface area (Å²) in [5, 5.41) is 8.27. The first kappa shape index (κ1) is 17.6. The minimum atomic E-state index is -0.282. The molecule has 0 spiro atoms. The van der Waals surface area contributed by atoms with Gasteiger partial charge in [-0.1, -0.05) is 19.3 Å². The van der Waals surface area contributed by atoms with Crippen LogP contribution in [0.15, 0.2) is 29.6 Å². The molecule has 0 bridgehead atoms. The predicted octanol–water partition coefficient (Wildman–Crippen LogP) is 2.92. The number of nitrogens with two attached hydrogens (primary N) is 1. The van der Waals surface area contributed by atoms with Crippen molar-refractivity contribution in [3.05, 3.63) is 45.9 Å². The van der Waals surface area contributed by atoms with Gasteiger partial charge in [0.25, 0.3) is 11.8 Å². The summed E-state index contributed by atoms with van der Waals surface area (Å²) in [7, 11) is 0. The van der Waals surface area contributed by atoms with Gasteiger partial charge in [0.05, 0.1) is 0 Å². The molecule has 132 valence electrons. The molecule has 1 saturated carbocycles. The quantitative estimate of drug-likeness (QED) is 0.765. The Labute approximate surface area is 150 Å². The van der Waals surface area contributed by atoms with Crippen LogP contribution in [0.25, 0.3) is 0 Å². The standard InChI is InChI=1S/C18H22N4O2S/c19-10-16-22-15(11-25-16)18(24)21-14-8-6-12(7-9-14)17(23)20-13-4-2-1-3-5-13/h6-9,11,13H,1-5,10,19H2,(H,20,23)(H,21,24). The molecule has 6 nitrogen and oxygen atoms in total. The molecule has 0 saturated heterocycles. The van der Waals surface area contributed by atoms with E-state index >= 15 is 0 Å². The van der Waals surface area contributed by atoms with Gasteiger partial charge in [0, 0.05) is 29.2 Å². The Morgan fingerprint density at radius 1 is 1.12 bits per heavy atom. The van der Waals surface area contributed by atoms with Gasteiger partial charge in [-0.25, -0.2) is 4.98 Å². The molecule has 0 unspecified atom stereocenters.